The van der Waals surface area contributed by atoms with Gasteiger partial charge in [0, 0.05) is 32.3 Å². The van der Waals surface area contributed by atoms with Crippen molar-refractivity contribution in [2.75, 3.05) is 19.0 Å². The standard InChI is InChI=1S/C27H28N4O3/c1-31-25-22(27(33)28-15-19-11-5-8-17-7-3-4-12-21(17)19)13-20(29-24(32)16-34-2)14-23(25)30-26(31)18-9-6-10-18/h3-5,7-8,11-14,18H,6,9-10,15-16H2,1-2H3,(H,28,33)(H,29,32). The van der Waals surface area contributed by atoms with Crippen molar-refractivity contribution in [2.24, 2.45) is 7.05 Å². The van der Waals surface area contributed by atoms with E-state index in [9.17, 15) is 9.59 Å². The van der Waals surface area contributed by atoms with Crippen molar-refractivity contribution in [3.63, 3.8) is 0 Å². The van der Waals surface area contributed by atoms with Crippen LogP contribution in [0.5, 0.6) is 0 Å². The molecule has 1 aliphatic rings. The quantitative estimate of drug-likeness (QED) is 0.429. The number of hydrogen-bond donors (Lipinski definition) is 2. The molecule has 1 fully saturated rings. The minimum Gasteiger partial charge on any atom is -0.375 e. The SMILES string of the molecule is COCC(=O)Nc1cc(C(=O)NCc2cccc3ccccc23)c2c(c1)nc(C1CCC1)n2C. The van der Waals surface area contributed by atoms with Gasteiger partial charge < -0.3 is 19.9 Å². The number of amides is 2. The predicted molar refractivity (Wildman–Crippen MR) is 133 cm³/mol. The Morgan fingerprint density at radius 2 is 1.91 bits per heavy atom. The number of nitrogens with one attached hydrogen (secondary N) is 2. The Labute approximate surface area is 198 Å². The number of nitrogens with zero attached hydrogens (tertiary/aromatic N) is 2. The monoisotopic (exact) mass is 456 g/mol. The van der Waals surface area contributed by atoms with Crippen LogP contribution in [0, 0.1) is 0 Å². The summed E-state index contributed by atoms with van der Waals surface area (Å²) in [6.45, 7) is 0.339. The van der Waals surface area contributed by atoms with E-state index in [2.05, 4.69) is 28.8 Å². The fourth-order valence-electron chi connectivity index (χ4n) is 4.69. The summed E-state index contributed by atoms with van der Waals surface area (Å²) < 4.78 is 6.96. The summed E-state index contributed by atoms with van der Waals surface area (Å²) >= 11 is 0. The maximum Gasteiger partial charge on any atom is 0.253 e. The molecular formula is C27H28N4O3. The molecule has 2 N–H and O–H groups in total. The summed E-state index contributed by atoms with van der Waals surface area (Å²) in [5.74, 6) is 0.920. The molecule has 0 spiro atoms. The van der Waals surface area contributed by atoms with Gasteiger partial charge in [-0.15, -0.1) is 0 Å². The van der Waals surface area contributed by atoms with Crippen molar-refractivity contribution in [1.29, 1.82) is 0 Å². The van der Waals surface area contributed by atoms with Gasteiger partial charge in [0.05, 0.1) is 16.6 Å². The minimum absolute atomic E-state index is 0.0593. The van der Waals surface area contributed by atoms with Crippen LogP contribution in [0.4, 0.5) is 5.69 Å². The Bertz CT molecular complexity index is 1380. The number of methoxy groups -OCH3 is 1. The van der Waals surface area contributed by atoms with Gasteiger partial charge in [-0.05, 0) is 41.3 Å². The van der Waals surface area contributed by atoms with Crippen LogP contribution in [-0.4, -0.2) is 35.1 Å². The Hall–Kier alpha value is -3.71. The van der Waals surface area contributed by atoms with Crippen LogP contribution in [0.2, 0.25) is 0 Å². The third-order valence-corrected chi connectivity index (χ3v) is 6.60. The lowest BCUT2D eigenvalue weighted by Crippen LogP contribution is -2.24. The van der Waals surface area contributed by atoms with Gasteiger partial charge in [-0.2, -0.15) is 0 Å². The zero-order chi connectivity index (χ0) is 23.7. The molecule has 5 rings (SSSR count). The van der Waals surface area contributed by atoms with Gasteiger partial charge in [0.25, 0.3) is 5.91 Å². The third kappa shape index (κ3) is 4.15. The van der Waals surface area contributed by atoms with E-state index < -0.39 is 0 Å². The predicted octanol–water partition coefficient (Wildman–Crippen LogP) is 4.51. The van der Waals surface area contributed by atoms with Crippen LogP contribution in [0.3, 0.4) is 0 Å². The van der Waals surface area contributed by atoms with Gasteiger partial charge in [0.1, 0.15) is 12.4 Å². The molecule has 0 aliphatic heterocycles. The number of imidazole rings is 1. The highest BCUT2D eigenvalue weighted by Gasteiger charge is 2.27. The van der Waals surface area contributed by atoms with Crippen molar-refractivity contribution < 1.29 is 14.3 Å². The van der Waals surface area contributed by atoms with Crippen LogP contribution in [0.25, 0.3) is 21.8 Å². The Morgan fingerprint density at radius 1 is 1.12 bits per heavy atom. The lowest BCUT2D eigenvalue weighted by molar-refractivity contribution is -0.119. The van der Waals surface area contributed by atoms with Crippen LogP contribution in [0.15, 0.2) is 54.6 Å². The summed E-state index contributed by atoms with van der Waals surface area (Å²) in [4.78, 5) is 30.4. The number of carbonyl (C=O) groups excluding carboxylic acids is 2. The van der Waals surface area contributed by atoms with Crippen LogP contribution >= 0.6 is 0 Å². The average Bonchev–Trinajstić information content (AvgIpc) is 3.11. The molecule has 1 aromatic heterocycles. The molecule has 1 saturated carbocycles. The molecule has 7 nitrogen and oxygen atoms in total. The molecule has 0 atom stereocenters. The second kappa shape index (κ2) is 9.27. The highest BCUT2D eigenvalue weighted by molar-refractivity contribution is 6.08. The molecule has 0 bridgehead atoms. The van der Waals surface area contributed by atoms with Crippen molar-refractivity contribution in [1.82, 2.24) is 14.9 Å². The van der Waals surface area contributed by atoms with Crippen molar-refractivity contribution in [3.8, 4) is 0 Å². The van der Waals surface area contributed by atoms with Crippen molar-refractivity contribution in [3.05, 3.63) is 71.5 Å². The van der Waals surface area contributed by atoms with Crippen LogP contribution in [-0.2, 0) is 23.1 Å². The number of carbonyl (C=O) groups is 2. The molecule has 2 amide bonds. The summed E-state index contributed by atoms with van der Waals surface area (Å²) in [5.41, 5.74) is 3.55. The first-order valence-electron chi connectivity index (χ1n) is 11.6. The molecule has 174 valence electrons. The first kappa shape index (κ1) is 22.1. The number of anilines is 1. The normalized spacial score (nSPS) is 13.7. The third-order valence-electron chi connectivity index (χ3n) is 6.60. The van der Waals surface area contributed by atoms with Gasteiger partial charge in [0.15, 0.2) is 0 Å². The number of rotatable bonds is 7. The van der Waals surface area contributed by atoms with E-state index in [0.29, 0.717) is 29.2 Å². The lowest BCUT2D eigenvalue weighted by atomic mass is 9.85. The van der Waals surface area contributed by atoms with Gasteiger partial charge in [-0.25, -0.2) is 4.98 Å². The van der Waals surface area contributed by atoms with Crippen LogP contribution in [0.1, 0.15) is 46.9 Å². The van der Waals surface area contributed by atoms with E-state index >= 15 is 0 Å². The zero-order valence-electron chi connectivity index (χ0n) is 19.4. The Kier molecular flexibility index (Phi) is 6.02. The van der Waals surface area contributed by atoms with Gasteiger partial charge in [-0.1, -0.05) is 48.9 Å². The van der Waals surface area contributed by atoms with E-state index in [1.165, 1.54) is 13.5 Å². The summed E-state index contributed by atoms with van der Waals surface area (Å²) in [6, 6.07) is 17.8. The molecule has 0 unspecified atom stereocenters. The molecular weight excluding hydrogens is 428 g/mol. The largest absolute Gasteiger partial charge is 0.375 e. The fourth-order valence-corrected chi connectivity index (χ4v) is 4.69. The van der Waals surface area contributed by atoms with Gasteiger partial charge in [-0.3, -0.25) is 9.59 Å². The smallest absolute Gasteiger partial charge is 0.253 e. The maximum absolute atomic E-state index is 13.5. The number of aromatic nitrogens is 2. The van der Waals surface area contributed by atoms with E-state index in [1.807, 2.05) is 41.9 Å². The number of aryl methyl sites for hydroxylation is 1. The molecule has 1 heterocycles. The van der Waals surface area contributed by atoms with Crippen molar-refractivity contribution >= 4 is 39.3 Å². The van der Waals surface area contributed by atoms with E-state index in [0.717, 1.165) is 40.5 Å². The summed E-state index contributed by atoms with van der Waals surface area (Å²) in [6.07, 6.45) is 3.42. The maximum atomic E-state index is 13.5. The molecule has 1 aliphatic carbocycles. The highest BCUT2D eigenvalue weighted by Crippen LogP contribution is 2.38. The molecule has 0 saturated heterocycles. The number of hydrogen-bond acceptors (Lipinski definition) is 4. The Balaban J connectivity index is 1.49. The summed E-state index contributed by atoms with van der Waals surface area (Å²) in [7, 11) is 3.44. The lowest BCUT2D eigenvalue weighted by Gasteiger charge is -2.24. The zero-order valence-corrected chi connectivity index (χ0v) is 19.4. The summed E-state index contributed by atoms with van der Waals surface area (Å²) in [5, 5.41) is 8.15. The molecule has 4 aromatic rings. The Morgan fingerprint density at radius 3 is 2.68 bits per heavy atom. The highest BCUT2D eigenvalue weighted by atomic mass is 16.5. The number of ether oxygens (including phenoxy) is 1. The van der Waals surface area contributed by atoms with E-state index in [1.54, 1.807) is 6.07 Å². The first-order valence-corrected chi connectivity index (χ1v) is 11.6. The van der Waals surface area contributed by atoms with E-state index in [4.69, 9.17) is 9.72 Å². The second-order valence-corrected chi connectivity index (χ2v) is 8.85. The first-order chi connectivity index (χ1) is 16.5. The molecule has 0 radical (unpaired) electrons. The van der Waals surface area contributed by atoms with Gasteiger partial charge >= 0.3 is 0 Å². The minimum atomic E-state index is -0.279. The average molecular weight is 457 g/mol. The number of fused-ring (bicyclic) bond motifs is 2. The second-order valence-electron chi connectivity index (χ2n) is 8.85. The molecule has 7 heteroatoms. The van der Waals surface area contributed by atoms with E-state index in [-0.39, 0.29) is 18.4 Å². The molecule has 34 heavy (non-hydrogen) atoms. The number of benzene rings is 3. The van der Waals surface area contributed by atoms with Crippen LogP contribution < -0.4 is 10.6 Å². The van der Waals surface area contributed by atoms with Gasteiger partial charge in [0.2, 0.25) is 5.91 Å². The topological polar surface area (TPSA) is 85.2 Å². The van der Waals surface area contributed by atoms with Crippen molar-refractivity contribution in [2.45, 2.75) is 31.7 Å². The fraction of sp³-hybridized carbons (Fsp3) is 0.296. The molecule has 3 aromatic carbocycles.